The summed E-state index contributed by atoms with van der Waals surface area (Å²) in [5.41, 5.74) is 0.743. The Balaban J connectivity index is 2.50. The second kappa shape index (κ2) is 8.90. The highest BCUT2D eigenvalue weighted by Gasteiger charge is 2.16. The Morgan fingerprint density at radius 1 is 1.38 bits per heavy atom. The van der Waals surface area contributed by atoms with Crippen molar-refractivity contribution in [1.82, 2.24) is 5.32 Å². The summed E-state index contributed by atoms with van der Waals surface area (Å²) in [5, 5.41) is 13.3. The Kier molecular flexibility index (Phi) is 7.54. The minimum absolute atomic E-state index is 0.146. The highest BCUT2D eigenvalue weighted by molar-refractivity contribution is 6.31. The van der Waals surface area contributed by atoms with Crippen LogP contribution in [-0.2, 0) is 11.2 Å². The molecule has 0 aliphatic heterocycles. The van der Waals surface area contributed by atoms with Gasteiger partial charge in [0.25, 0.3) is 0 Å². The summed E-state index contributed by atoms with van der Waals surface area (Å²) < 4.78 is 5.07. The first-order valence-corrected chi connectivity index (χ1v) is 7.66. The second-order valence-corrected chi connectivity index (χ2v) is 5.49. The van der Waals surface area contributed by atoms with Gasteiger partial charge in [0, 0.05) is 11.6 Å². The van der Waals surface area contributed by atoms with Gasteiger partial charge in [-0.1, -0.05) is 44.4 Å². The summed E-state index contributed by atoms with van der Waals surface area (Å²) in [6.07, 6.45) is 1.49. The third-order valence-electron chi connectivity index (χ3n) is 3.71. The van der Waals surface area contributed by atoms with Gasteiger partial charge in [-0.3, -0.25) is 4.79 Å². The van der Waals surface area contributed by atoms with Crippen LogP contribution >= 0.6 is 11.6 Å². The molecule has 0 saturated heterocycles. The minimum atomic E-state index is -0.504. The van der Waals surface area contributed by atoms with Gasteiger partial charge < -0.3 is 15.2 Å². The molecule has 1 atom stereocenters. The van der Waals surface area contributed by atoms with E-state index in [1.54, 1.807) is 25.3 Å². The van der Waals surface area contributed by atoms with Gasteiger partial charge >= 0.3 is 0 Å². The summed E-state index contributed by atoms with van der Waals surface area (Å²) in [6.45, 7) is 4.35. The van der Waals surface area contributed by atoms with Crippen LogP contribution in [0.2, 0.25) is 5.02 Å². The fraction of sp³-hybridized carbons (Fsp3) is 0.562. The largest absolute Gasteiger partial charge is 0.497 e. The predicted octanol–water partition coefficient (Wildman–Crippen LogP) is 2.80. The molecule has 1 amide bonds. The quantitative estimate of drug-likeness (QED) is 0.776. The van der Waals surface area contributed by atoms with E-state index in [0.717, 1.165) is 18.4 Å². The molecule has 0 aromatic heterocycles. The molecule has 0 aliphatic carbocycles. The number of halogens is 1. The van der Waals surface area contributed by atoms with E-state index in [9.17, 15) is 9.90 Å². The van der Waals surface area contributed by atoms with Gasteiger partial charge in [0.15, 0.2) is 0 Å². The Morgan fingerprint density at radius 3 is 2.57 bits per heavy atom. The minimum Gasteiger partial charge on any atom is -0.497 e. The van der Waals surface area contributed by atoms with Crippen molar-refractivity contribution in [3.8, 4) is 5.75 Å². The average Bonchev–Trinajstić information content (AvgIpc) is 2.48. The van der Waals surface area contributed by atoms with E-state index in [-0.39, 0.29) is 24.8 Å². The molecule has 5 heteroatoms. The third-order valence-corrected chi connectivity index (χ3v) is 4.06. The molecular weight excluding hydrogens is 290 g/mol. The van der Waals surface area contributed by atoms with E-state index < -0.39 is 6.10 Å². The molecule has 1 rings (SSSR count). The van der Waals surface area contributed by atoms with Gasteiger partial charge in [0.2, 0.25) is 5.91 Å². The first-order valence-electron chi connectivity index (χ1n) is 7.28. The van der Waals surface area contributed by atoms with Gasteiger partial charge in [0.05, 0.1) is 19.6 Å². The van der Waals surface area contributed by atoms with Crippen molar-refractivity contribution >= 4 is 17.5 Å². The van der Waals surface area contributed by atoms with Crippen molar-refractivity contribution in [2.45, 2.75) is 39.2 Å². The van der Waals surface area contributed by atoms with Crippen molar-refractivity contribution < 1.29 is 14.6 Å². The first kappa shape index (κ1) is 17.8. The number of amides is 1. The normalized spacial score (nSPS) is 12.3. The molecule has 4 nitrogen and oxygen atoms in total. The molecule has 1 aromatic rings. The maximum Gasteiger partial charge on any atom is 0.224 e. The molecule has 0 bridgehead atoms. The molecule has 1 aromatic carbocycles. The molecule has 0 heterocycles. The molecular formula is C16H24ClNO3. The fourth-order valence-electron chi connectivity index (χ4n) is 2.25. The number of nitrogens with one attached hydrogen (secondary N) is 1. The number of benzene rings is 1. The Hall–Kier alpha value is -1.26. The van der Waals surface area contributed by atoms with E-state index in [1.165, 1.54) is 0 Å². The zero-order valence-corrected chi connectivity index (χ0v) is 13.6. The van der Waals surface area contributed by atoms with Crippen molar-refractivity contribution in [2.75, 3.05) is 13.7 Å². The first-order chi connectivity index (χ1) is 10.0. The number of hydrogen-bond acceptors (Lipinski definition) is 3. The molecule has 2 N–H and O–H groups in total. The topological polar surface area (TPSA) is 58.6 Å². The lowest BCUT2D eigenvalue weighted by molar-refractivity contribution is -0.121. The summed E-state index contributed by atoms with van der Waals surface area (Å²) in [4.78, 5) is 11.9. The van der Waals surface area contributed by atoms with Gasteiger partial charge in [-0.15, -0.1) is 0 Å². The van der Waals surface area contributed by atoms with Gasteiger partial charge in [-0.2, -0.15) is 0 Å². The van der Waals surface area contributed by atoms with Crippen LogP contribution in [0.15, 0.2) is 18.2 Å². The summed E-state index contributed by atoms with van der Waals surface area (Å²) in [7, 11) is 1.57. The molecule has 0 fully saturated rings. The number of methoxy groups -OCH3 is 1. The average molecular weight is 314 g/mol. The van der Waals surface area contributed by atoms with Gasteiger partial charge in [-0.05, 0) is 23.6 Å². The van der Waals surface area contributed by atoms with Crippen molar-refractivity contribution in [3.63, 3.8) is 0 Å². The van der Waals surface area contributed by atoms with Gasteiger partial charge in [-0.25, -0.2) is 0 Å². The third kappa shape index (κ3) is 5.56. The van der Waals surface area contributed by atoms with Crippen LogP contribution in [0.1, 0.15) is 32.3 Å². The lowest BCUT2D eigenvalue weighted by Crippen LogP contribution is -2.36. The molecule has 1 unspecified atom stereocenters. The van der Waals surface area contributed by atoms with Crippen molar-refractivity contribution in [1.29, 1.82) is 0 Å². The summed E-state index contributed by atoms with van der Waals surface area (Å²) >= 11 is 6.10. The number of aliphatic hydroxyl groups is 1. The van der Waals surface area contributed by atoms with Crippen molar-refractivity contribution in [3.05, 3.63) is 28.8 Å². The van der Waals surface area contributed by atoms with E-state index in [2.05, 4.69) is 5.32 Å². The zero-order valence-electron chi connectivity index (χ0n) is 12.9. The maximum atomic E-state index is 11.9. The smallest absolute Gasteiger partial charge is 0.224 e. The summed E-state index contributed by atoms with van der Waals surface area (Å²) in [5.74, 6) is 0.732. The van der Waals surface area contributed by atoms with E-state index in [0.29, 0.717) is 10.8 Å². The lowest BCUT2D eigenvalue weighted by Gasteiger charge is -2.20. The second-order valence-electron chi connectivity index (χ2n) is 5.08. The van der Waals surface area contributed by atoms with Gasteiger partial charge in [0.1, 0.15) is 5.75 Å². The SMILES string of the molecule is CCC(CC)C(O)CNC(=O)Cc1ccc(OC)cc1Cl. The highest BCUT2D eigenvalue weighted by atomic mass is 35.5. The van der Waals surface area contributed by atoms with Crippen LogP contribution in [0.3, 0.4) is 0 Å². The highest BCUT2D eigenvalue weighted by Crippen LogP contribution is 2.22. The zero-order chi connectivity index (χ0) is 15.8. The number of rotatable bonds is 8. The summed E-state index contributed by atoms with van der Waals surface area (Å²) in [6, 6.07) is 5.23. The van der Waals surface area contributed by atoms with Crippen LogP contribution in [-0.4, -0.2) is 30.8 Å². The standard InChI is InChI=1S/C16H24ClNO3/c1-4-11(5-2)15(19)10-18-16(20)8-12-6-7-13(21-3)9-14(12)17/h6-7,9,11,15,19H,4-5,8,10H2,1-3H3,(H,18,20). The van der Waals surface area contributed by atoms with E-state index in [1.807, 2.05) is 13.8 Å². The van der Waals surface area contributed by atoms with Crippen molar-refractivity contribution in [2.24, 2.45) is 5.92 Å². The monoisotopic (exact) mass is 313 g/mol. The Labute approximate surface area is 131 Å². The van der Waals surface area contributed by atoms with Crippen LogP contribution < -0.4 is 10.1 Å². The number of carbonyl (C=O) groups excluding carboxylic acids is 1. The van der Waals surface area contributed by atoms with E-state index in [4.69, 9.17) is 16.3 Å². The number of carbonyl (C=O) groups is 1. The molecule has 0 radical (unpaired) electrons. The lowest BCUT2D eigenvalue weighted by atomic mass is 9.96. The van der Waals surface area contributed by atoms with Crippen LogP contribution in [0, 0.1) is 5.92 Å². The molecule has 118 valence electrons. The van der Waals surface area contributed by atoms with E-state index >= 15 is 0 Å². The number of aliphatic hydroxyl groups excluding tert-OH is 1. The predicted molar refractivity (Wildman–Crippen MR) is 84.8 cm³/mol. The molecule has 21 heavy (non-hydrogen) atoms. The Morgan fingerprint density at radius 2 is 2.05 bits per heavy atom. The van der Waals surface area contributed by atoms with Crippen LogP contribution in [0.4, 0.5) is 0 Å². The number of ether oxygens (including phenoxy) is 1. The molecule has 0 saturated carbocycles. The number of hydrogen-bond donors (Lipinski definition) is 2. The Bertz CT molecular complexity index is 461. The molecule has 0 aliphatic rings. The van der Waals surface area contributed by atoms with Crippen LogP contribution in [0.5, 0.6) is 5.75 Å². The maximum absolute atomic E-state index is 11.9. The van der Waals surface area contributed by atoms with Crippen LogP contribution in [0.25, 0.3) is 0 Å². The fourth-order valence-corrected chi connectivity index (χ4v) is 2.49. The molecule has 0 spiro atoms.